The molecule has 0 radical (unpaired) electrons. The maximum atomic E-state index is 12.8. The van der Waals surface area contributed by atoms with Gasteiger partial charge in [-0.05, 0) is 66.8 Å². The number of aryl methyl sites for hydroxylation is 1. The lowest BCUT2D eigenvalue weighted by Crippen LogP contribution is -2.53. The third kappa shape index (κ3) is 7.49. The van der Waals surface area contributed by atoms with E-state index in [9.17, 15) is 18.3 Å². The zero-order chi connectivity index (χ0) is 31.9. The molecule has 5 aromatic carbocycles. The molecule has 0 heterocycles. The largest absolute Gasteiger partial charge is 0.480 e. The maximum absolute atomic E-state index is 12.8. The van der Waals surface area contributed by atoms with Gasteiger partial charge in [-0.25, -0.2) is 4.18 Å². The number of carbonyl (C=O) groups is 1. The standard InChI is InChI=1S/C37H35NO6S/c1-27-18-24-34(25-19-27)45(41,42)44-28(2)43-33-22-20-29(21-23-33)26-35(36(39)40)38-37(30-12-6-3-7-13-30,31-14-8-4-9-15-31)32-16-10-5-11-17-32/h3-25,28,35,38H,26H2,1-2H3,(H,39,40)/t28-,35-/m0/s1. The molecule has 0 unspecified atom stereocenters. The van der Waals surface area contributed by atoms with Crippen molar-refractivity contribution in [2.75, 3.05) is 0 Å². The lowest BCUT2D eigenvalue weighted by atomic mass is 9.76. The number of rotatable bonds is 13. The average molecular weight is 622 g/mol. The Morgan fingerprint density at radius 2 is 1.20 bits per heavy atom. The van der Waals surface area contributed by atoms with Crippen LogP contribution in [0, 0.1) is 6.92 Å². The van der Waals surface area contributed by atoms with Crippen LogP contribution >= 0.6 is 0 Å². The fourth-order valence-electron chi connectivity index (χ4n) is 5.37. The second kappa shape index (κ2) is 13.9. The lowest BCUT2D eigenvalue weighted by Gasteiger charge is -2.39. The van der Waals surface area contributed by atoms with Gasteiger partial charge in [0.05, 0.1) is 10.4 Å². The van der Waals surface area contributed by atoms with Gasteiger partial charge in [0.1, 0.15) is 11.8 Å². The molecule has 5 aromatic rings. The van der Waals surface area contributed by atoms with Crippen LogP contribution in [0.25, 0.3) is 0 Å². The summed E-state index contributed by atoms with van der Waals surface area (Å²) in [5.74, 6) is -0.608. The molecule has 0 aliphatic rings. The van der Waals surface area contributed by atoms with Gasteiger partial charge in [0, 0.05) is 0 Å². The molecule has 0 aliphatic heterocycles. The summed E-state index contributed by atoms with van der Waals surface area (Å²) in [5.41, 5.74) is 3.47. The van der Waals surface area contributed by atoms with Gasteiger partial charge < -0.3 is 9.84 Å². The van der Waals surface area contributed by atoms with Crippen LogP contribution in [-0.4, -0.2) is 31.8 Å². The number of nitrogens with one attached hydrogen (secondary N) is 1. The van der Waals surface area contributed by atoms with E-state index in [1.807, 2.05) is 97.9 Å². The van der Waals surface area contributed by atoms with Crippen molar-refractivity contribution in [3.63, 3.8) is 0 Å². The molecule has 0 fully saturated rings. The third-order valence-corrected chi connectivity index (χ3v) is 8.92. The molecular formula is C37H35NO6S. The normalized spacial score (nSPS) is 13.1. The molecule has 0 amide bonds. The number of hydrogen-bond donors (Lipinski definition) is 2. The quantitative estimate of drug-likeness (QED) is 0.0857. The predicted molar refractivity (Wildman–Crippen MR) is 173 cm³/mol. The van der Waals surface area contributed by atoms with Crippen molar-refractivity contribution in [3.8, 4) is 5.75 Å². The molecule has 0 saturated heterocycles. The van der Waals surface area contributed by atoms with Crippen LogP contribution < -0.4 is 10.1 Å². The van der Waals surface area contributed by atoms with Gasteiger partial charge in [-0.2, -0.15) is 8.42 Å². The number of hydrogen-bond acceptors (Lipinski definition) is 6. The van der Waals surface area contributed by atoms with Gasteiger partial charge in [0.25, 0.3) is 10.1 Å². The Kier molecular flexibility index (Phi) is 9.78. The van der Waals surface area contributed by atoms with E-state index >= 15 is 0 Å². The Morgan fingerprint density at radius 3 is 1.64 bits per heavy atom. The van der Waals surface area contributed by atoms with E-state index in [1.54, 1.807) is 36.4 Å². The second-order valence-corrected chi connectivity index (χ2v) is 12.4. The smallest absolute Gasteiger partial charge is 0.321 e. The van der Waals surface area contributed by atoms with Crippen LogP contribution in [0.4, 0.5) is 0 Å². The van der Waals surface area contributed by atoms with Crippen LogP contribution in [0.5, 0.6) is 5.75 Å². The van der Waals surface area contributed by atoms with E-state index in [2.05, 4.69) is 5.32 Å². The Balaban J connectivity index is 1.38. The topological polar surface area (TPSA) is 102 Å². The molecule has 8 heteroatoms. The van der Waals surface area contributed by atoms with E-state index in [-0.39, 0.29) is 11.3 Å². The van der Waals surface area contributed by atoms with Crippen LogP contribution in [-0.2, 0) is 31.1 Å². The van der Waals surface area contributed by atoms with Crippen molar-refractivity contribution in [3.05, 3.63) is 167 Å². The fourth-order valence-corrected chi connectivity index (χ4v) is 6.34. The molecule has 0 spiro atoms. The predicted octanol–water partition coefficient (Wildman–Crippen LogP) is 6.70. The SMILES string of the molecule is Cc1ccc(S(=O)(=O)O[C@@H](C)Oc2ccc(C[C@H](NC(c3ccccc3)(c3ccccc3)c3ccccc3)C(=O)O)cc2)cc1. The molecule has 45 heavy (non-hydrogen) atoms. The maximum Gasteiger partial charge on any atom is 0.321 e. The van der Waals surface area contributed by atoms with E-state index < -0.39 is 34.0 Å². The highest BCUT2D eigenvalue weighted by Gasteiger charge is 2.39. The third-order valence-electron chi connectivity index (χ3n) is 7.55. The number of carboxylic acids is 1. The van der Waals surface area contributed by atoms with Gasteiger partial charge in [-0.3, -0.25) is 10.1 Å². The van der Waals surface area contributed by atoms with Gasteiger partial charge in [-0.1, -0.05) is 121 Å². The average Bonchev–Trinajstić information content (AvgIpc) is 3.05. The van der Waals surface area contributed by atoms with Crippen LogP contribution in [0.15, 0.2) is 144 Å². The van der Waals surface area contributed by atoms with Gasteiger partial charge in [0.2, 0.25) is 6.29 Å². The number of ether oxygens (including phenoxy) is 1. The van der Waals surface area contributed by atoms with Crippen molar-refractivity contribution >= 4 is 16.1 Å². The van der Waals surface area contributed by atoms with Crippen LogP contribution in [0.2, 0.25) is 0 Å². The minimum Gasteiger partial charge on any atom is -0.480 e. The number of aliphatic carboxylic acids is 1. The Bertz CT molecular complexity index is 1700. The first kappa shape index (κ1) is 31.7. The van der Waals surface area contributed by atoms with Crippen LogP contribution in [0.3, 0.4) is 0 Å². The molecule has 2 atom stereocenters. The molecule has 7 nitrogen and oxygen atoms in total. The minimum atomic E-state index is -4.01. The Labute approximate surface area is 264 Å². The van der Waals surface area contributed by atoms with Crippen LogP contribution in [0.1, 0.15) is 34.7 Å². The summed E-state index contributed by atoms with van der Waals surface area (Å²) in [6.45, 7) is 3.37. The minimum absolute atomic E-state index is 0.0451. The first-order valence-electron chi connectivity index (χ1n) is 14.6. The van der Waals surface area contributed by atoms with E-state index in [0.717, 1.165) is 27.8 Å². The number of benzene rings is 5. The van der Waals surface area contributed by atoms with Gasteiger partial charge >= 0.3 is 5.97 Å². The molecule has 0 aromatic heterocycles. The van der Waals surface area contributed by atoms with Crippen molar-refractivity contribution in [1.82, 2.24) is 5.32 Å². The molecular weight excluding hydrogens is 586 g/mol. The van der Waals surface area contributed by atoms with Gasteiger partial charge in [0.15, 0.2) is 0 Å². The summed E-state index contributed by atoms with van der Waals surface area (Å²) in [4.78, 5) is 12.8. The summed E-state index contributed by atoms with van der Waals surface area (Å²) in [6.07, 6.45) is -0.906. The van der Waals surface area contributed by atoms with Crippen molar-refractivity contribution in [2.24, 2.45) is 0 Å². The monoisotopic (exact) mass is 621 g/mol. The fraction of sp³-hybridized carbons (Fsp3) is 0.162. The molecule has 5 rings (SSSR count). The first-order chi connectivity index (χ1) is 21.7. The van der Waals surface area contributed by atoms with E-state index in [0.29, 0.717) is 5.75 Å². The molecule has 2 N–H and O–H groups in total. The van der Waals surface area contributed by atoms with Crippen molar-refractivity contribution in [2.45, 2.75) is 43.0 Å². The van der Waals surface area contributed by atoms with Crippen molar-refractivity contribution in [1.29, 1.82) is 0 Å². The van der Waals surface area contributed by atoms with Gasteiger partial charge in [-0.15, -0.1) is 0 Å². The van der Waals surface area contributed by atoms with E-state index in [1.165, 1.54) is 19.1 Å². The zero-order valence-corrected chi connectivity index (χ0v) is 25.9. The highest BCUT2D eigenvalue weighted by molar-refractivity contribution is 7.86. The summed E-state index contributed by atoms with van der Waals surface area (Å²) in [5, 5.41) is 14.0. The highest BCUT2D eigenvalue weighted by Crippen LogP contribution is 2.37. The Morgan fingerprint density at radius 1 is 0.733 bits per heavy atom. The zero-order valence-electron chi connectivity index (χ0n) is 25.0. The summed E-state index contributed by atoms with van der Waals surface area (Å²) >= 11 is 0. The summed E-state index contributed by atoms with van der Waals surface area (Å²) in [7, 11) is -4.01. The second-order valence-electron chi connectivity index (χ2n) is 10.8. The molecule has 0 bridgehead atoms. The van der Waals surface area contributed by atoms with E-state index in [4.69, 9.17) is 8.92 Å². The summed E-state index contributed by atoms with van der Waals surface area (Å²) in [6, 6.07) is 41.8. The first-order valence-corrected chi connectivity index (χ1v) is 16.0. The molecule has 0 aliphatic carbocycles. The highest BCUT2D eigenvalue weighted by atomic mass is 32.2. The summed E-state index contributed by atoms with van der Waals surface area (Å²) < 4.78 is 36.2. The van der Waals surface area contributed by atoms with Crippen molar-refractivity contribution < 1.29 is 27.2 Å². The Hall–Kier alpha value is -4.76. The number of carboxylic acid groups (broad SMARTS) is 1. The molecule has 230 valence electrons. The molecule has 0 saturated carbocycles. The lowest BCUT2D eigenvalue weighted by molar-refractivity contribution is -0.139.